The highest BCUT2D eigenvalue weighted by Gasteiger charge is 2.25. The monoisotopic (exact) mass is 485 g/mol. The summed E-state index contributed by atoms with van der Waals surface area (Å²) in [6.07, 6.45) is 0. The SMILES string of the molecule is Cc1cc(C(=O)N(CCN(C)C)c2nc3ccc(Br)cc3s2)n(C(C)C)n1.Cl. The van der Waals surface area contributed by atoms with Crippen LogP contribution in [0.25, 0.3) is 10.2 Å². The van der Waals surface area contributed by atoms with Crippen molar-refractivity contribution in [2.75, 3.05) is 32.1 Å². The van der Waals surface area contributed by atoms with Gasteiger partial charge >= 0.3 is 0 Å². The lowest BCUT2D eigenvalue weighted by Crippen LogP contribution is -2.38. The highest BCUT2D eigenvalue weighted by molar-refractivity contribution is 9.10. The lowest BCUT2D eigenvalue weighted by molar-refractivity contribution is 0.0973. The molecule has 152 valence electrons. The van der Waals surface area contributed by atoms with Crippen molar-refractivity contribution in [2.45, 2.75) is 26.8 Å². The van der Waals surface area contributed by atoms with Gasteiger partial charge in [0.1, 0.15) is 5.69 Å². The summed E-state index contributed by atoms with van der Waals surface area (Å²) in [5, 5.41) is 5.20. The van der Waals surface area contributed by atoms with Gasteiger partial charge in [0.05, 0.1) is 15.9 Å². The van der Waals surface area contributed by atoms with Crippen LogP contribution in [0.3, 0.4) is 0 Å². The maximum Gasteiger partial charge on any atom is 0.278 e. The maximum atomic E-state index is 13.4. The average molecular weight is 487 g/mol. The molecule has 0 bridgehead atoms. The third-order valence-electron chi connectivity index (χ3n) is 4.15. The normalized spacial score (nSPS) is 11.3. The van der Waals surface area contributed by atoms with Crippen molar-refractivity contribution in [1.82, 2.24) is 19.7 Å². The molecule has 6 nitrogen and oxygen atoms in total. The number of likely N-dealkylation sites (N-methyl/N-ethyl adjacent to an activating group) is 1. The van der Waals surface area contributed by atoms with Gasteiger partial charge in [0.15, 0.2) is 5.13 Å². The molecule has 0 unspecified atom stereocenters. The number of aromatic nitrogens is 3. The lowest BCUT2D eigenvalue weighted by atomic mass is 10.3. The number of hydrogen-bond donors (Lipinski definition) is 0. The van der Waals surface area contributed by atoms with E-state index in [1.54, 1.807) is 9.58 Å². The van der Waals surface area contributed by atoms with Crippen LogP contribution in [0.15, 0.2) is 28.7 Å². The molecule has 2 heterocycles. The molecule has 0 aliphatic heterocycles. The van der Waals surface area contributed by atoms with E-state index in [9.17, 15) is 4.79 Å². The minimum absolute atomic E-state index is 0. The lowest BCUT2D eigenvalue weighted by Gasteiger charge is -2.22. The molecule has 0 N–H and O–H groups in total. The summed E-state index contributed by atoms with van der Waals surface area (Å²) in [6.45, 7) is 7.29. The van der Waals surface area contributed by atoms with Gasteiger partial charge in [0.25, 0.3) is 5.91 Å². The fourth-order valence-corrected chi connectivity index (χ4v) is 4.34. The van der Waals surface area contributed by atoms with Crippen LogP contribution in [-0.4, -0.2) is 52.8 Å². The van der Waals surface area contributed by atoms with Gasteiger partial charge in [-0.3, -0.25) is 14.4 Å². The number of benzene rings is 1. The maximum absolute atomic E-state index is 13.4. The van der Waals surface area contributed by atoms with Gasteiger partial charge in [-0.15, -0.1) is 12.4 Å². The van der Waals surface area contributed by atoms with E-state index in [1.807, 2.05) is 59.1 Å². The quantitative estimate of drug-likeness (QED) is 0.503. The second-order valence-corrected chi connectivity index (χ2v) is 9.00. The first-order valence-electron chi connectivity index (χ1n) is 8.85. The number of nitrogens with zero attached hydrogens (tertiary/aromatic N) is 5. The zero-order valence-corrected chi connectivity index (χ0v) is 19.9. The number of anilines is 1. The van der Waals surface area contributed by atoms with E-state index < -0.39 is 0 Å². The first-order valence-corrected chi connectivity index (χ1v) is 10.5. The van der Waals surface area contributed by atoms with E-state index in [0.29, 0.717) is 17.4 Å². The molecule has 28 heavy (non-hydrogen) atoms. The van der Waals surface area contributed by atoms with Crippen molar-refractivity contribution in [3.63, 3.8) is 0 Å². The summed E-state index contributed by atoms with van der Waals surface area (Å²) in [7, 11) is 4.00. The van der Waals surface area contributed by atoms with E-state index in [4.69, 9.17) is 4.98 Å². The van der Waals surface area contributed by atoms with E-state index >= 15 is 0 Å². The third-order valence-corrected chi connectivity index (χ3v) is 5.69. The number of amides is 1. The smallest absolute Gasteiger partial charge is 0.278 e. The minimum atomic E-state index is -0.0655. The van der Waals surface area contributed by atoms with E-state index in [-0.39, 0.29) is 24.4 Å². The number of hydrogen-bond acceptors (Lipinski definition) is 5. The van der Waals surface area contributed by atoms with Crippen molar-refractivity contribution >= 4 is 60.9 Å². The standard InChI is InChI=1S/C19H24BrN5OS.ClH/c1-12(2)25-16(10-13(3)22-25)18(26)24(9-8-23(4)5)19-21-15-7-6-14(20)11-17(15)27-19;/h6-7,10-12H,8-9H2,1-5H3;1H. The van der Waals surface area contributed by atoms with Crippen LogP contribution in [0.2, 0.25) is 0 Å². The number of fused-ring (bicyclic) bond motifs is 1. The molecule has 3 rings (SSSR count). The van der Waals surface area contributed by atoms with Gasteiger partial charge in [-0.25, -0.2) is 4.98 Å². The summed E-state index contributed by atoms with van der Waals surface area (Å²) < 4.78 is 3.85. The van der Waals surface area contributed by atoms with Crippen molar-refractivity contribution in [1.29, 1.82) is 0 Å². The minimum Gasteiger partial charge on any atom is -0.308 e. The summed E-state index contributed by atoms with van der Waals surface area (Å²) in [5.74, 6) is -0.0655. The van der Waals surface area contributed by atoms with Crippen molar-refractivity contribution in [3.05, 3.63) is 40.1 Å². The Kier molecular flexibility index (Phi) is 7.61. The number of carbonyl (C=O) groups is 1. The molecule has 1 amide bonds. The van der Waals surface area contributed by atoms with Gasteiger partial charge < -0.3 is 4.90 Å². The Morgan fingerprint density at radius 2 is 1.96 bits per heavy atom. The van der Waals surface area contributed by atoms with Crippen molar-refractivity contribution in [3.8, 4) is 0 Å². The van der Waals surface area contributed by atoms with E-state index in [0.717, 1.165) is 26.9 Å². The molecule has 2 aromatic heterocycles. The molecule has 1 aromatic carbocycles. The molecule has 0 aliphatic rings. The van der Waals surface area contributed by atoms with Gasteiger partial charge in [0, 0.05) is 23.6 Å². The number of halogens is 2. The van der Waals surface area contributed by atoms with Gasteiger partial charge in [-0.2, -0.15) is 5.10 Å². The Bertz CT molecular complexity index is 969. The van der Waals surface area contributed by atoms with Crippen LogP contribution in [0.5, 0.6) is 0 Å². The third kappa shape index (κ3) is 4.92. The van der Waals surface area contributed by atoms with Crippen LogP contribution >= 0.6 is 39.7 Å². The molecule has 0 fully saturated rings. The zero-order valence-electron chi connectivity index (χ0n) is 16.6. The Morgan fingerprint density at radius 1 is 1.25 bits per heavy atom. The number of aryl methyl sites for hydroxylation is 1. The van der Waals surface area contributed by atoms with Crippen LogP contribution < -0.4 is 4.90 Å². The number of thiazole rings is 1. The Balaban J connectivity index is 0.00000280. The highest BCUT2D eigenvalue weighted by atomic mass is 79.9. The largest absolute Gasteiger partial charge is 0.308 e. The highest BCUT2D eigenvalue weighted by Crippen LogP contribution is 2.31. The van der Waals surface area contributed by atoms with Gasteiger partial charge in [-0.1, -0.05) is 27.3 Å². The molecule has 0 aliphatic carbocycles. The predicted molar refractivity (Wildman–Crippen MR) is 122 cm³/mol. The summed E-state index contributed by atoms with van der Waals surface area (Å²) in [6, 6.07) is 7.94. The molecular formula is C19H25BrClN5OS. The fourth-order valence-electron chi connectivity index (χ4n) is 2.79. The Hall–Kier alpha value is -1.48. The molecule has 0 radical (unpaired) electrons. The molecule has 3 aromatic rings. The summed E-state index contributed by atoms with van der Waals surface area (Å²) in [4.78, 5) is 22.0. The molecule has 0 atom stereocenters. The molecule has 0 saturated carbocycles. The fraction of sp³-hybridized carbons (Fsp3) is 0.421. The second-order valence-electron chi connectivity index (χ2n) is 7.08. The van der Waals surface area contributed by atoms with Crippen molar-refractivity contribution in [2.24, 2.45) is 0 Å². The first kappa shape index (κ1) is 22.8. The van der Waals surface area contributed by atoms with E-state index in [1.165, 1.54) is 11.3 Å². The van der Waals surface area contributed by atoms with Crippen LogP contribution in [0.4, 0.5) is 5.13 Å². The van der Waals surface area contributed by atoms with Crippen LogP contribution in [0, 0.1) is 6.92 Å². The average Bonchev–Trinajstić information content (AvgIpc) is 3.17. The molecule has 0 spiro atoms. The molecule has 9 heteroatoms. The molecule has 0 saturated heterocycles. The Labute approximate surface area is 184 Å². The van der Waals surface area contributed by atoms with Gasteiger partial charge in [0.2, 0.25) is 0 Å². The second kappa shape index (κ2) is 9.35. The van der Waals surface area contributed by atoms with E-state index in [2.05, 4.69) is 25.9 Å². The van der Waals surface area contributed by atoms with Crippen LogP contribution in [0.1, 0.15) is 36.1 Å². The topological polar surface area (TPSA) is 54.3 Å². The number of carbonyl (C=O) groups excluding carboxylic acids is 1. The summed E-state index contributed by atoms with van der Waals surface area (Å²) in [5.41, 5.74) is 2.34. The van der Waals surface area contributed by atoms with Crippen LogP contribution in [-0.2, 0) is 0 Å². The number of rotatable bonds is 6. The Morgan fingerprint density at radius 3 is 2.61 bits per heavy atom. The summed E-state index contributed by atoms with van der Waals surface area (Å²) >= 11 is 5.03. The zero-order chi connectivity index (χ0) is 19.7. The predicted octanol–water partition coefficient (Wildman–Crippen LogP) is 4.77. The first-order chi connectivity index (χ1) is 12.8. The molecular weight excluding hydrogens is 462 g/mol. The van der Waals surface area contributed by atoms with Crippen molar-refractivity contribution < 1.29 is 4.79 Å². The van der Waals surface area contributed by atoms with Gasteiger partial charge in [-0.05, 0) is 59.1 Å².